The normalized spacial score (nSPS) is 14.5. The highest BCUT2D eigenvalue weighted by atomic mass is 32.1. The van der Waals surface area contributed by atoms with Crippen LogP contribution in [0.3, 0.4) is 0 Å². The van der Waals surface area contributed by atoms with Gasteiger partial charge in [0, 0.05) is 49.4 Å². The van der Waals surface area contributed by atoms with Crippen LogP contribution in [0.5, 0.6) is 0 Å². The number of carbonyl (C=O) groups excluding carboxylic acids is 2. The first-order valence-corrected chi connectivity index (χ1v) is 14.6. The molecule has 0 radical (unpaired) electrons. The van der Waals surface area contributed by atoms with Gasteiger partial charge in [0.1, 0.15) is 0 Å². The van der Waals surface area contributed by atoms with Gasteiger partial charge in [0.05, 0.1) is 21.3 Å². The number of benzene rings is 2. The number of pyridine rings is 1. The SMILES string of the molecule is CCN(C(N)=O)c1nc2cc(-c3cnc(N4CCC(C(N)=O)(c5ccccc5)CC4)nc3)cc(-c3ccccn3)c2s1. The van der Waals surface area contributed by atoms with Crippen molar-refractivity contribution in [3.8, 4) is 22.4 Å². The average molecular weight is 579 g/mol. The molecule has 11 heteroatoms. The summed E-state index contributed by atoms with van der Waals surface area (Å²) in [4.78, 5) is 46.8. The molecule has 1 saturated heterocycles. The van der Waals surface area contributed by atoms with E-state index < -0.39 is 11.4 Å². The molecule has 0 saturated carbocycles. The molecular formula is C31H30N8O2S. The predicted molar refractivity (Wildman–Crippen MR) is 165 cm³/mol. The molecular weight excluding hydrogens is 548 g/mol. The van der Waals surface area contributed by atoms with Gasteiger partial charge in [0.25, 0.3) is 0 Å². The number of nitrogens with two attached hydrogens (primary N) is 2. The Bertz CT molecular complexity index is 1730. The van der Waals surface area contributed by atoms with Crippen molar-refractivity contribution in [2.24, 2.45) is 11.5 Å². The molecule has 1 aliphatic rings. The van der Waals surface area contributed by atoms with Crippen molar-refractivity contribution in [2.45, 2.75) is 25.2 Å². The van der Waals surface area contributed by atoms with E-state index in [9.17, 15) is 9.59 Å². The minimum atomic E-state index is -0.691. The summed E-state index contributed by atoms with van der Waals surface area (Å²) in [6.07, 6.45) is 6.53. The van der Waals surface area contributed by atoms with Crippen LogP contribution in [0.15, 0.2) is 79.3 Å². The van der Waals surface area contributed by atoms with Gasteiger partial charge in [-0.2, -0.15) is 0 Å². The predicted octanol–water partition coefficient (Wildman–Crippen LogP) is 4.74. The maximum atomic E-state index is 12.6. The lowest BCUT2D eigenvalue weighted by atomic mass is 9.72. The van der Waals surface area contributed by atoms with Crippen molar-refractivity contribution < 1.29 is 9.59 Å². The molecule has 42 heavy (non-hydrogen) atoms. The fraction of sp³-hybridized carbons (Fsp3) is 0.226. The van der Waals surface area contributed by atoms with Gasteiger partial charge in [0.2, 0.25) is 11.9 Å². The molecule has 0 aliphatic carbocycles. The van der Waals surface area contributed by atoms with Gasteiger partial charge in [-0.3, -0.25) is 14.7 Å². The Morgan fingerprint density at radius 2 is 1.67 bits per heavy atom. The number of fused-ring (bicyclic) bond motifs is 1. The molecule has 0 bridgehead atoms. The minimum Gasteiger partial charge on any atom is -0.369 e. The highest BCUT2D eigenvalue weighted by Crippen LogP contribution is 2.40. The maximum Gasteiger partial charge on any atom is 0.321 e. The summed E-state index contributed by atoms with van der Waals surface area (Å²) in [5.41, 5.74) is 15.9. The van der Waals surface area contributed by atoms with Gasteiger partial charge >= 0.3 is 6.03 Å². The van der Waals surface area contributed by atoms with Gasteiger partial charge in [-0.25, -0.2) is 19.7 Å². The Labute approximate surface area is 247 Å². The van der Waals surface area contributed by atoms with Gasteiger partial charge in [-0.05, 0) is 55.2 Å². The number of primary amides is 2. The molecule has 3 amide bonds. The van der Waals surface area contributed by atoms with Crippen molar-refractivity contribution in [1.82, 2.24) is 19.9 Å². The van der Waals surface area contributed by atoms with E-state index in [-0.39, 0.29) is 5.91 Å². The molecule has 0 atom stereocenters. The first kappa shape index (κ1) is 27.3. The topological polar surface area (TPSA) is 144 Å². The van der Waals surface area contributed by atoms with E-state index in [4.69, 9.17) is 26.4 Å². The summed E-state index contributed by atoms with van der Waals surface area (Å²) < 4.78 is 0.911. The maximum absolute atomic E-state index is 12.6. The van der Waals surface area contributed by atoms with Crippen LogP contribution in [0, 0.1) is 0 Å². The number of nitrogens with zero attached hydrogens (tertiary/aromatic N) is 6. The molecule has 4 heterocycles. The molecule has 1 fully saturated rings. The zero-order chi connectivity index (χ0) is 29.3. The van der Waals surface area contributed by atoms with Crippen LogP contribution in [0.2, 0.25) is 0 Å². The van der Waals surface area contributed by atoms with E-state index in [1.807, 2.05) is 67.6 Å². The van der Waals surface area contributed by atoms with Crippen molar-refractivity contribution in [1.29, 1.82) is 0 Å². The molecule has 1 aliphatic heterocycles. The number of hydrogen-bond donors (Lipinski definition) is 2. The van der Waals surface area contributed by atoms with Crippen molar-refractivity contribution >= 4 is 44.6 Å². The van der Waals surface area contributed by atoms with Crippen molar-refractivity contribution in [2.75, 3.05) is 29.4 Å². The number of carbonyl (C=O) groups is 2. The molecule has 0 spiro atoms. The number of hydrogen-bond acceptors (Lipinski definition) is 8. The Kier molecular flexibility index (Phi) is 7.26. The zero-order valence-electron chi connectivity index (χ0n) is 23.1. The second-order valence-corrected chi connectivity index (χ2v) is 11.2. The van der Waals surface area contributed by atoms with Crippen LogP contribution < -0.4 is 21.3 Å². The highest BCUT2D eigenvalue weighted by Gasteiger charge is 2.41. The number of urea groups is 1. The van der Waals surface area contributed by atoms with Crippen LogP contribution in [0.1, 0.15) is 25.3 Å². The number of anilines is 2. The largest absolute Gasteiger partial charge is 0.369 e. The van der Waals surface area contributed by atoms with Crippen LogP contribution in [0.25, 0.3) is 32.6 Å². The summed E-state index contributed by atoms with van der Waals surface area (Å²) in [6, 6.07) is 19.0. The number of amides is 3. The van der Waals surface area contributed by atoms with Crippen LogP contribution in [0.4, 0.5) is 15.9 Å². The van der Waals surface area contributed by atoms with Crippen LogP contribution >= 0.6 is 11.3 Å². The number of piperidine rings is 1. The molecule has 6 rings (SSSR count). The lowest BCUT2D eigenvalue weighted by Crippen LogP contribution is -2.50. The average Bonchev–Trinajstić information content (AvgIpc) is 3.45. The zero-order valence-corrected chi connectivity index (χ0v) is 23.9. The van der Waals surface area contributed by atoms with E-state index in [0.29, 0.717) is 43.6 Å². The Balaban J connectivity index is 1.30. The van der Waals surface area contributed by atoms with Gasteiger partial charge in [-0.1, -0.05) is 47.7 Å². The Morgan fingerprint density at radius 1 is 0.952 bits per heavy atom. The summed E-state index contributed by atoms with van der Waals surface area (Å²) in [5, 5.41) is 0.536. The number of thiazole rings is 1. The van der Waals surface area contributed by atoms with E-state index in [1.165, 1.54) is 16.2 Å². The number of aromatic nitrogens is 4. The number of rotatable bonds is 7. The second kappa shape index (κ2) is 11.2. The molecule has 10 nitrogen and oxygen atoms in total. The van der Waals surface area contributed by atoms with Gasteiger partial charge in [0.15, 0.2) is 5.13 Å². The summed E-state index contributed by atoms with van der Waals surface area (Å²) in [7, 11) is 0. The highest BCUT2D eigenvalue weighted by molar-refractivity contribution is 7.23. The molecule has 2 aromatic carbocycles. The van der Waals surface area contributed by atoms with E-state index >= 15 is 0 Å². The summed E-state index contributed by atoms with van der Waals surface area (Å²) in [5.74, 6) is 0.304. The van der Waals surface area contributed by atoms with Crippen LogP contribution in [-0.2, 0) is 10.2 Å². The molecule has 5 aromatic rings. The molecule has 3 aromatic heterocycles. The first-order chi connectivity index (χ1) is 20.4. The van der Waals surface area contributed by atoms with Gasteiger partial charge in [-0.15, -0.1) is 0 Å². The third-order valence-corrected chi connectivity index (χ3v) is 9.03. The summed E-state index contributed by atoms with van der Waals surface area (Å²) in [6.45, 7) is 3.50. The fourth-order valence-electron chi connectivity index (χ4n) is 5.56. The lowest BCUT2D eigenvalue weighted by molar-refractivity contribution is -0.124. The van der Waals surface area contributed by atoms with E-state index in [0.717, 1.165) is 38.2 Å². The lowest BCUT2D eigenvalue weighted by Gasteiger charge is -2.40. The Morgan fingerprint density at radius 3 is 2.29 bits per heavy atom. The minimum absolute atomic E-state index is 0.299. The van der Waals surface area contributed by atoms with E-state index in [1.54, 1.807) is 18.6 Å². The third kappa shape index (κ3) is 4.92. The molecule has 4 N–H and O–H groups in total. The monoisotopic (exact) mass is 578 g/mol. The second-order valence-electron chi connectivity index (χ2n) is 10.2. The van der Waals surface area contributed by atoms with E-state index in [2.05, 4.69) is 9.88 Å². The summed E-state index contributed by atoms with van der Waals surface area (Å²) >= 11 is 1.41. The fourth-order valence-corrected chi connectivity index (χ4v) is 6.70. The quantitative estimate of drug-likeness (QED) is 0.284. The van der Waals surface area contributed by atoms with Crippen molar-refractivity contribution in [3.63, 3.8) is 0 Å². The Hall–Kier alpha value is -4.90. The van der Waals surface area contributed by atoms with Crippen LogP contribution in [-0.4, -0.2) is 51.5 Å². The molecule has 212 valence electrons. The van der Waals surface area contributed by atoms with Crippen molar-refractivity contribution in [3.05, 3.63) is 84.8 Å². The molecule has 0 unspecified atom stereocenters. The first-order valence-electron chi connectivity index (χ1n) is 13.8. The third-order valence-electron chi connectivity index (χ3n) is 7.90. The van der Waals surface area contributed by atoms with Gasteiger partial charge < -0.3 is 16.4 Å². The standard InChI is InChI=1S/C31H30N8O2S/c1-2-39(28(33)41)30-37-25-17-20(16-23(26(25)42-30)24-10-6-7-13-34-24)21-18-35-29(36-19-21)38-14-11-31(12-15-38,27(32)40)22-8-4-3-5-9-22/h3-10,13,16-19H,2,11-12,14-15H2,1H3,(H2,32,40)(H2,33,41). The smallest absolute Gasteiger partial charge is 0.321 e.